The Balaban J connectivity index is 1.41. The average Bonchev–Trinajstić information content (AvgIpc) is 2.91. The number of hydrogen-bond acceptors (Lipinski definition) is 4. The average molecular weight is 458 g/mol. The molecule has 3 aromatic carbocycles. The second kappa shape index (κ2) is 12.7. The summed E-state index contributed by atoms with van der Waals surface area (Å²) < 4.78 is 6.01. The monoisotopic (exact) mass is 457 g/mol. The van der Waals surface area contributed by atoms with Gasteiger partial charge in [-0.15, -0.1) is 0 Å². The second-order valence-corrected chi connectivity index (χ2v) is 9.10. The van der Waals surface area contributed by atoms with Gasteiger partial charge in [0.1, 0.15) is 0 Å². The van der Waals surface area contributed by atoms with Crippen molar-refractivity contribution in [3.8, 4) is 0 Å². The summed E-state index contributed by atoms with van der Waals surface area (Å²) in [6.07, 6.45) is 2.38. The number of ether oxygens (including phenoxy) is 1. The molecule has 1 atom stereocenters. The molecule has 1 aliphatic heterocycles. The Morgan fingerprint density at radius 3 is 2.18 bits per heavy atom. The molecule has 3 aromatic rings. The summed E-state index contributed by atoms with van der Waals surface area (Å²) in [5, 5.41) is 0. The Morgan fingerprint density at radius 2 is 1.47 bits per heavy atom. The maximum atomic E-state index is 6.01. The third-order valence-electron chi connectivity index (χ3n) is 6.91. The van der Waals surface area contributed by atoms with E-state index in [1.54, 1.807) is 0 Å². The lowest BCUT2D eigenvalue weighted by Crippen LogP contribution is -2.48. The molecule has 0 N–H and O–H groups in total. The standard InChI is InChI=1S/C30H39N3O/c1-3-34-25-30(28-18-10-11-19-29(28)31(2)27-16-8-5-9-17-27)33-23-21-32(22-24-33)20-12-15-26-13-6-4-7-14-26/h4-11,13-14,16-19,30H,3,12,15,20-25H2,1-2H3. The fourth-order valence-electron chi connectivity index (χ4n) is 4.94. The van der Waals surface area contributed by atoms with Crippen LogP contribution >= 0.6 is 0 Å². The maximum absolute atomic E-state index is 6.01. The molecule has 0 bridgehead atoms. The molecule has 1 fully saturated rings. The molecule has 1 unspecified atom stereocenters. The van der Waals surface area contributed by atoms with Crippen molar-refractivity contribution < 1.29 is 4.74 Å². The summed E-state index contributed by atoms with van der Waals surface area (Å²) in [5.41, 5.74) is 5.24. The van der Waals surface area contributed by atoms with Crippen LogP contribution in [0, 0.1) is 0 Å². The zero-order chi connectivity index (χ0) is 23.6. The third kappa shape index (κ3) is 6.47. The molecular weight excluding hydrogens is 418 g/mol. The van der Waals surface area contributed by atoms with Gasteiger partial charge in [-0.05, 0) is 55.6 Å². The van der Waals surface area contributed by atoms with E-state index in [1.165, 1.54) is 35.5 Å². The molecule has 1 aliphatic rings. The molecule has 0 saturated carbocycles. The minimum atomic E-state index is 0.258. The Hall–Kier alpha value is -2.66. The zero-order valence-corrected chi connectivity index (χ0v) is 20.8. The van der Waals surface area contributed by atoms with Gasteiger partial charge >= 0.3 is 0 Å². The van der Waals surface area contributed by atoms with Gasteiger partial charge in [-0.3, -0.25) is 4.90 Å². The highest BCUT2D eigenvalue weighted by atomic mass is 16.5. The van der Waals surface area contributed by atoms with Gasteiger partial charge in [0.15, 0.2) is 0 Å². The number of hydrogen-bond donors (Lipinski definition) is 0. The Kier molecular flexibility index (Phi) is 9.14. The van der Waals surface area contributed by atoms with Gasteiger partial charge in [0.2, 0.25) is 0 Å². The number of rotatable bonds is 11. The number of nitrogens with zero attached hydrogens (tertiary/aromatic N) is 3. The summed E-state index contributed by atoms with van der Waals surface area (Å²) in [7, 11) is 2.16. The van der Waals surface area contributed by atoms with E-state index in [0.29, 0.717) is 0 Å². The van der Waals surface area contributed by atoms with E-state index in [1.807, 2.05) is 0 Å². The van der Waals surface area contributed by atoms with E-state index >= 15 is 0 Å². The number of benzene rings is 3. The summed E-state index contributed by atoms with van der Waals surface area (Å²) in [6, 6.07) is 30.5. The van der Waals surface area contributed by atoms with E-state index in [4.69, 9.17) is 4.74 Å². The van der Waals surface area contributed by atoms with Crippen LogP contribution in [0.5, 0.6) is 0 Å². The van der Waals surface area contributed by atoms with Gasteiger partial charge in [0.05, 0.1) is 12.6 Å². The van der Waals surface area contributed by atoms with E-state index in [0.717, 1.165) is 45.8 Å². The van der Waals surface area contributed by atoms with E-state index < -0.39 is 0 Å². The molecular formula is C30H39N3O. The summed E-state index contributed by atoms with van der Waals surface area (Å²) in [4.78, 5) is 7.55. The largest absolute Gasteiger partial charge is 0.380 e. The molecule has 1 heterocycles. The van der Waals surface area contributed by atoms with Crippen molar-refractivity contribution in [2.45, 2.75) is 25.8 Å². The molecule has 0 radical (unpaired) electrons. The summed E-state index contributed by atoms with van der Waals surface area (Å²) in [5.74, 6) is 0. The fourth-order valence-corrected chi connectivity index (χ4v) is 4.94. The van der Waals surface area contributed by atoms with Crippen molar-refractivity contribution in [1.29, 1.82) is 0 Å². The van der Waals surface area contributed by atoms with Crippen molar-refractivity contribution in [3.05, 3.63) is 96.1 Å². The highest BCUT2D eigenvalue weighted by molar-refractivity contribution is 5.66. The molecule has 0 amide bonds. The highest BCUT2D eigenvalue weighted by Gasteiger charge is 2.27. The van der Waals surface area contributed by atoms with Crippen molar-refractivity contribution >= 4 is 11.4 Å². The van der Waals surface area contributed by atoms with E-state index in [9.17, 15) is 0 Å². The fraction of sp³-hybridized carbons (Fsp3) is 0.400. The molecule has 4 heteroatoms. The minimum absolute atomic E-state index is 0.258. The number of anilines is 2. The van der Waals surface area contributed by atoms with Gasteiger partial charge < -0.3 is 14.5 Å². The second-order valence-electron chi connectivity index (χ2n) is 9.10. The van der Waals surface area contributed by atoms with Crippen LogP contribution in [0.3, 0.4) is 0 Å². The zero-order valence-electron chi connectivity index (χ0n) is 20.8. The van der Waals surface area contributed by atoms with Gasteiger partial charge in [-0.25, -0.2) is 0 Å². The van der Waals surface area contributed by atoms with Crippen LogP contribution < -0.4 is 4.90 Å². The predicted molar refractivity (Wildman–Crippen MR) is 143 cm³/mol. The van der Waals surface area contributed by atoms with Gasteiger partial charge in [-0.1, -0.05) is 66.7 Å². The molecule has 34 heavy (non-hydrogen) atoms. The third-order valence-corrected chi connectivity index (χ3v) is 6.91. The smallest absolute Gasteiger partial charge is 0.0664 e. The minimum Gasteiger partial charge on any atom is -0.380 e. The van der Waals surface area contributed by atoms with E-state index in [2.05, 4.69) is 114 Å². The van der Waals surface area contributed by atoms with Gasteiger partial charge in [0.25, 0.3) is 0 Å². The van der Waals surface area contributed by atoms with Crippen LogP contribution in [0.2, 0.25) is 0 Å². The van der Waals surface area contributed by atoms with Crippen LogP contribution in [0.25, 0.3) is 0 Å². The van der Waals surface area contributed by atoms with Gasteiger partial charge in [-0.2, -0.15) is 0 Å². The molecule has 4 rings (SSSR count). The number of piperazine rings is 1. The first-order valence-corrected chi connectivity index (χ1v) is 12.7. The quantitative estimate of drug-likeness (QED) is 0.363. The lowest BCUT2D eigenvalue weighted by molar-refractivity contribution is 0.0349. The predicted octanol–water partition coefficient (Wildman–Crippen LogP) is 5.78. The SMILES string of the molecule is CCOCC(c1ccccc1N(C)c1ccccc1)N1CCN(CCCc2ccccc2)CC1. The van der Waals surface area contributed by atoms with Gasteiger partial charge in [0, 0.05) is 51.2 Å². The van der Waals surface area contributed by atoms with Crippen LogP contribution in [0.4, 0.5) is 11.4 Å². The molecule has 0 spiro atoms. The molecule has 0 aliphatic carbocycles. The lowest BCUT2D eigenvalue weighted by Gasteiger charge is -2.40. The highest BCUT2D eigenvalue weighted by Crippen LogP contribution is 2.34. The van der Waals surface area contributed by atoms with Crippen molar-refractivity contribution in [1.82, 2.24) is 9.80 Å². The van der Waals surface area contributed by atoms with Crippen molar-refractivity contribution in [3.63, 3.8) is 0 Å². The first-order chi connectivity index (χ1) is 16.8. The first-order valence-electron chi connectivity index (χ1n) is 12.7. The molecule has 0 aromatic heterocycles. The number of aryl methyl sites for hydroxylation is 1. The molecule has 1 saturated heterocycles. The maximum Gasteiger partial charge on any atom is 0.0664 e. The Bertz CT molecular complexity index is 971. The van der Waals surface area contributed by atoms with E-state index in [-0.39, 0.29) is 6.04 Å². The Labute approximate surface area is 205 Å². The van der Waals surface area contributed by atoms with Crippen molar-refractivity contribution in [2.75, 3.05) is 57.9 Å². The first kappa shape index (κ1) is 24.5. The Morgan fingerprint density at radius 1 is 0.824 bits per heavy atom. The van der Waals surface area contributed by atoms with Crippen LogP contribution in [0.1, 0.15) is 30.5 Å². The van der Waals surface area contributed by atoms with Crippen LogP contribution in [0.15, 0.2) is 84.9 Å². The van der Waals surface area contributed by atoms with Crippen LogP contribution in [-0.2, 0) is 11.2 Å². The lowest BCUT2D eigenvalue weighted by atomic mass is 10.0. The summed E-state index contributed by atoms with van der Waals surface area (Å²) >= 11 is 0. The topological polar surface area (TPSA) is 19.0 Å². The van der Waals surface area contributed by atoms with Crippen LogP contribution in [-0.4, -0.2) is 62.8 Å². The van der Waals surface area contributed by atoms with Crippen molar-refractivity contribution in [2.24, 2.45) is 0 Å². The summed E-state index contributed by atoms with van der Waals surface area (Å²) in [6.45, 7) is 9.12. The molecule has 4 nitrogen and oxygen atoms in total. The normalized spacial score (nSPS) is 15.8. The number of para-hydroxylation sites is 2. The molecule has 180 valence electrons.